The zero-order valence-electron chi connectivity index (χ0n) is 20.0. The minimum atomic E-state index is -4.86. The van der Waals surface area contributed by atoms with Crippen LogP contribution in [0.1, 0.15) is 4.28 Å². The van der Waals surface area contributed by atoms with Gasteiger partial charge in [-0.25, -0.2) is 0 Å². The van der Waals surface area contributed by atoms with E-state index >= 15 is 0 Å². The second-order valence-corrected chi connectivity index (χ2v) is 9.45. The van der Waals surface area contributed by atoms with E-state index in [0.717, 1.165) is 16.9 Å². The van der Waals surface area contributed by atoms with Crippen LogP contribution in [0.25, 0.3) is 0 Å². The first-order valence-electron chi connectivity index (χ1n) is 5.32. The fraction of sp³-hybridized carbons (Fsp3) is 0. The molecule has 210 valence electrons. The van der Waals surface area contributed by atoms with Crippen molar-refractivity contribution in [3.63, 3.8) is 0 Å². The smallest absolute Gasteiger partial charge is 1.00 e. The summed E-state index contributed by atoms with van der Waals surface area (Å²) in [7, 11) is -29.1. The fourth-order valence-electron chi connectivity index (χ4n) is 0.300. The third-order valence-corrected chi connectivity index (χ3v) is 2.51. The molecule has 0 fully saturated rings. The van der Waals surface area contributed by atoms with Gasteiger partial charge >= 0.3 is 217 Å². The third kappa shape index (κ3) is 66.4. The van der Waals surface area contributed by atoms with Crippen molar-refractivity contribution in [2.45, 2.75) is 0 Å². The van der Waals surface area contributed by atoms with Crippen molar-refractivity contribution in [1.29, 1.82) is 0 Å². The minimum Gasteiger partial charge on any atom is -1.00 e. The van der Waals surface area contributed by atoms with Gasteiger partial charge in [-0.15, -0.1) is 25.7 Å². The van der Waals surface area contributed by atoms with Gasteiger partial charge in [0, 0.05) is 0 Å². The Kier molecular flexibility index (Phi) is 34.3. The maximum atomic E-state index is 9.63. The van der Waals surface area contributed by atoms with Crippen LogP contribution in [-0.4, -0.2) is 77.8 Å². The molecule has 0 rings (SSSR count). The summed E-state index contributed by atoms with van der Waals surface area (Å²) in [5, 5.41) is 0. The maximum Gasteiger partial charge on any atom is 1.00 e. The Morgan fingerprint density at radius 1 is 0.333 bits per heavy atom. The van der Waals surface area contributed by atoms with Crippen LogP contribution in [0.3, 0.4) is 0 Å². The Morgan fingerprint density at radius 3 is 0.472 bits per heavy atom. The molecule has 36 heteroatoms. The van der Waals surface area contributed by atoms with Crippen molar-refractivity contribution in [3.05, 3.63) is 0 Å². The summed E-state index contributed by atoms with van der Waals surface area (Å²) >= 11 is 0. The molecule has 0 aliphatic carbocycles. The van der Waals surface area contributed by atoms with Crippen LogP contribution < -0.4 is 171 Å². The molecular formula is H12K3N3O24S6. The molecule has 0 bridgehead atoms. The first-order valence-corrected chi connectivity index (χ1v) is 13.5. The van der Waals surface area contributed by atoms with Gasteiger partial charge in [-0.05, 0) is 16.9 Å². The molecule has 0 aliphatic heterocycles. The fourth-order valence-corrected chi connectivity index (χ4v) is 1.15. The predicted molar refractivity (Wildman–Crippen MR) is 88.5 cm³/mol. The van der Waals surface area contributed by atoms with Gasteiger partial charge in [-0.1, -0.05) is 0 Å². The van der Waals surface area contributed by atoms with Crippen LogP contribution in [0.5, 0.6) is 0 Å². The van der Waals surface area contributed by atoms with Gasteiger partial charge in [0.15, 0.2) is 0 Å². The van der Waals surface area contributed by atoms with E-state index in [-0.39, 0.29) is 158 Å². The Morgan fingerprint density at radius 2 is 0.417 bits per heavy atom. The van der Waals surface area contributed by atoms with Gasteiger partial charge in [-0.3, -0.25) is 27.3 Å². The molecule has 0 saturated carbocycles. The van der Waals surface area contributed by atoms with Crippen LogP contribution in [0.4, 0.5) is 0 Å². The van der Waals surface area contributed by atoms with E-state index < -0.39 is 62.4 Å². The standard InChI is InChI=1S/3K.3H3NO8S2.3H/c;;;3*2-10(3,4)8-1-9-11(5,6)7;;;/h;;;3*1H,(H,2,3,4)(H,5,6,7);;;/q3*+1;;;;3*-1. The van der Waals surface area contributed by atoms with Crippen molar-refractivity contribution < 1.29 is 262 Å². The van der Waals surface area contributed by atoms with Gasteiger partial charge in [0.05, 0.1) is 0 Å². The van der Waals surface area contributed by atoms with E-state index in [0.29, 0.717) is 0 Å². The van der Waals surface area contributed by atoms with E-state index in [1.807, 2.05) is 0 Å². The maximum absolute atomic E-state index is 9.63. The van der Waals surface area contributed by atoms with Gasteiger partial charge in [0.25, 0.3) is 0 Å². The Labute approximate surface area is 334 Å². The van der Waals surface area contributed by atoms with Gasteiger partial charge in [-0.2, -0.15) is 50.5 Å². The Balaban J connectivity index is -0.0000000459. The van der Waals surface area contributed by atoms with E-state index in [1.165, 1.54) is 0 Å². The zero-order chi connectivity index (χ0) is 27.4. The number of rotatable bonds is 12. The van der Waals surface area contributed by atoms with Gasteiger partial charge in [0.2, 0.25) is 0 Å². The summed E-state index contributed by atoms with van der Waals surface area (Å²) in [5.74, 6) is 0. The normalized spacial score (nSPS) is 12.2. The molecule has 0 aliphatic rings. The molecule has 0 aromatic rings. The molecule has 0 radical (unpaired) electrons. The minimum absolute atomic E-state index is 0. The van der Waals surface area contributed by atoms with Crippen LogP contribution in [0.2, 0.25) is 0 Å². The molecule has 0 spiro atoms. The van der Waals surface area contributed by atoms with E-state index in [4.69, 9.17) is 27.3 Å². The predicted octanol–water partition coefficient (Wildman–Crippen LogP) is -14.5. The van der Waals surface area contributed by atoms with E-state index in [9.17, 15) is 50.5 Å². The Bertz CT molecular complexity index is 970. The Hall–Kier alpha value is 4.01. The monoisotopic (exact) mass is 747 g/mol. The first-order chi connectivity index (χ1) is 14.1. The van der Waals surface area contributed by atoms with Crippen LogP contribution >= 0.6 is 0 Å². The second-order valence-electron chi connectivity index (χ2n) is 3.32. The van der Waals surface area contributed by atoms with Crippen LogP contribution in [0.15, 0.2) is 0 Å². The molecule has 9 N–H and O–H groups in total. The summed E-state index contributed by atoms with van der Waals surface area (Å²) in [4.78, 5) is 0. The average molecular weight is 748 g/mol. The molecule has 0 amide bonds. The molecule has 0 atom stereocenters. The van der Waals surface area contributed by atoms with Crippen molar-refractivity contribution in [2.24, 2.45) is 0 Å². The molecule has 0 unspecified atom stereocenters. The largest absolute Gasteiger partial charge is 1.00 e. The van der Waals surface area contributed by atoms with Gasteiger partial charge in [0.1, 0.15) is 0 Å². The van der Waals surface area contributed by atoms with E-state index in [1.54, 1.807) is 0 Å². The summed E-state index contributed by atoms with van der Waals surface area (Å²) in [5.41, 5.74) is 2.37. The van der Waals surface area contributed by atoms with Gasteiger partial charge < -0.3 is 4.28 Å². The quantitative estimate of drug-likeness (QED) is 0.0508. The first kappa shape index (κ1) is 52.6. The summed E-state index contributed by atoms with van der Waals surface area (Å²) in [6.45, 7) is 0. The average Bonchev–Trinajstić information content (AvgIpc) is 2.39. The molecule has 27 nitrogen and oxygen atoms in total. The van der Waals surface area contributed by atoms with Crippen LogP contribution in [0, 0.1) is 0 Å². The molecular weight excluding hydrogens is 736 g/mol. The van der Waals surface area contributed by atoms with Crippen molar-refractivity contribution in [1.82, 2.24) is 16.9 Å². The molecule has 36 heavy (non-hydrogen) atoms. The van der Waals surface area contributed by atoms with Crippen molar-refractivity contribution in [3.8, 4) is 0 Å². The summed E-state index contributed by atoms with van der Waals surface area (Å²) < 4.78 is 181. The topological polar surface area (TPSA) is 418 Å². The summed E-state index contributed by atoms with van der Waals surface area (Å²) in [6.07, 6.45) is 0. The number of hydrogen-bond donors (Lipinski definition) is 9. The van der Waals surface area contributed by atoms with Crippen molar-refractivity contribution in [2.75, 3.05) is 0 Å². The SMILES string of the molecule is O=S(=O)(O)ONOS(=O)(=O)O.O=S(=O)(O)ONOS(=O)(=O)O.O=S(=O)(O)ONOS(=O)(=O)O.[H-].[H-].[H-].[K+].[K+].[K+]. The van der Waals surface area contributed by atoms with Crippen molar-refractivity contribution >= 4 is 62.4 Å². The second kappa shape index (κ2) is 23.5. The number of nitrogens with one attached hydrogen (secondary N) is 3. The van der Waals surface area contributed by atoms with Crippen LogP contribution in [-0.2, 0) is 88.1 Å². The molecule has 0 saturated heterocycles. The number of hydrogen-bond acceptors (Lipinski definition) is 21. The third-order valence-electron chi connectivity index (χ3n) is 0.836. The summed E-state index contributed by atoms with van der Waals surface area (Å²) in [6, 6.07) is 0. The molecule has 0 aromatic heterocycles. The zero-order valence-corrected chi connectivity index (χ0v) is 31.2. The molecule has 0 aromatic carbocycles. The molecule has 0 heterocycles. The van der Waals surface area contributed by atoms with E-state index in [2.05, 4.69) is 25.7 Å².